The highest BCUT2D eigenvalue weighted by Crippen LogP contribution is 2.21. The van der Waals surface area contributed by atoms with Gasteiger partial charge in [-0.25, -0.2) is 0 Å². The van der Waals surface area contributed by atoms with Crippen LogP contribution in [0.4, 0.5) is 13.2 Å². The molecule has 0 amide bonds. The van der Waals surface area contributed by atoms with Crippen LogP contribution in [0.1, 0.15) is 5.69 Å². The summed E-state index contributed by atoms with van der Waals surface area (Å²) in [5.74, 6) is -0.827. The van der Waals surface area contributed by atoms with E-state index in [4.69, 9.17) is 5.73 Å². The van der Waals surface area contributed by atoms with Crippen LogP contribution in [0.15, 0.2) is 15.5 Å². The van der Waals surface area contributed by atoms with E-state index in [2.05, 4.69) is 25.7 Å². The van der Waals surface area contributed by atoms with Crippen LogP contribution >= 0.6 is 15.9 Å². The zero-order valence-electron chi connectivity index (χ0n) is 7.19. The number of hydrogen-bond donors (Lipinski definition) is 2. The van der Waals surface area contributed by atoms with Crippen molar-refractivity contribution in [2.45, 2.75) is 12.9 Å². The second-order valence-corrected chi connectivity index (χ2v) is 3.32. The number of H-pyrrole nitrogens is 1. The van der Waals surface area contributed by atoms with E-state index in [0.717, 1.165) is 6.20 Å². The average Bonchev–Trinajstić information content (AvgIpc) is 2.11. The van der Waals surface area contributed by atoms with Crippen molar-refractivity contribution >= 4 is 15.9 Å². The lowest BCUT2D eigenvalue weighted by Crippen LogP contribution is -2.23. The van der Waals surface area contributed by atoms with Crippen LogP contribution in [-0.2, 0) is 6.54 Å². The maximum absolute atomic E-state index is 11.8. The summed E-state index contributed by atoms with van der Waals surface area (Å²) >= 11 is 2.83. The van der Waals surface area contributed by atoms with Gasteiger partial charge in [0.2, 0.25) is 5.43 Å². The Bertz CT molecular complexity index is 416. The summed E-state index contributed by atoms with van der Waals surface area (Å²) in [6.07, 6.45) is -4.07. The molecule has 0 radical (unpaired) electrons. The molecule has 0 saturated carbocycles. The molecule has 3 N–H and O–H groups in total. The molecule has 15 heavy (non-hydrogen) atoms. The first-order valence-corrected chi connectivity index (χ1v) is 4.50. The van der Waals surface area contributed by atoms with Gasteiger partial charge in [0.05, 0.1) is 4.47 Å². The first kappa shape index (κ1) is 12.1. The topological polar surface area (TPSA) is 68.1 Å². The zero-order valence-corrected chi connectivity index (χ0v) is 8.78. The van der Waals surface area contributed by atoms with Crippen molar-refractivity contribution in [1.82, 2.24) is 4.98 Å². The van der Waals surface area contributed by atoms with Crippen molar-refractivity contribution in [2.24, 2.45) is 5.73 Å². The molecular weight excluding hydrogens is 281 g/mol. The molecule has 1 heterocycles. The fraction of sp³-hybridized carbons (Fsp3) is 0.286. The Balaban J connectivity index is 3.13. The minimum atomic E-state index is -4.89. The summed E-state index contributed by atoms with van der Waals surface area (Å²) in [6.45, 7) is 0.00210. The number of rotatable bonds is 2. The summed E-state index contributed by atoms with van der Waals surface area (Å²) in [6, 6.07) is 0. The molecule has 8 heteroatoms. The third-order valence-electron chi connectivity index (χ3n) is 1.50. The van der Waals surface area contributed by atoms with Gasteiger partial charge in [0.15, 0.2) is 5.75 Å². The predicted molar refractivity (Wildman–Crippen MR) is 49.3 cm³/mol. The van der Waals surface area contributed by atoms with Gasteiger partial charge < -0.3 is 15.5 Å². The van der Waals surface area contributed by atoms with Crippen molar-refractivity contribution in [1.29, 1.82) is 0 Å². The largest absolute Gasteiger partial charge is 0.573 e. The van der Waals surface area contributed by atoms with E-state index in [9.17, 15) is 18.0 Å². The third-order valence-corrected chi connectivity index (χ3v) is 2.33. The first-order valence-electron chi connectivity index (χ1n) is 3.71. The van der Waals surface area contributed by atoms with Gasteiger partial charge in [-0.3, -0.25) is 4.79 Å². The number of nitrogens with one attached hydrogen (secondary N) is 1. The lowest BCUT2D eigenvalue weighted by molar-refractivity contribution is -0.275. The Morgan fingerprint density at radius 3 is 2.60 bits per heavy atom. The molecule has 0 aromatic carbocycles. The highest BCUT2D eigenvalue weighted by atomic mass is 79.9. The van der Waals surface area contributed by atoms with Gasteiger partial charge >= 0.3 is 6.36 Å². The van der Waals surface area contributed by atoms with E-state index in [-0.39, 0.29) is 11.0 Å². The van der Waals surface area contributed by atoms with Crippen molar-refractivity contribution < 1.29 is 17.9 Å². The highest BCUT2D eigenvalue weighted by Gasteiger charge is 2.32. The Morgan fingerprint density at radius 2 is 2.13 bits per heavy atom. The van der Waals surface area contributed by atoms with Gasteiger partial charge in [-0.15, -0.1) is 13.2 Å². The van der Waals surface area contributed by atoms with Crippen LogP contribution in [0.25, 0.3) is 0 Å². The van der Waals surface area contributed by atoms with Crippen molar-refractivity contribution in [2.75, 3.05) is 0 Å². The van der Waals surface area contributed by atoms with E-state index >= 15 is 0 Å². The number of ether oxygens (including phenoxy) is 1. The molecule has 0 bridgehead atoms. The molecule has 0 aliphatic carbocycles. The molecule has 0 spiro atoms. The number of aromatic nitrogens is 1. The van der Waals surface area contributed by atoms with Crippen molar-refractivity contribution in [3.63, 3.8) is 0 Å². The lowest BCUT2D eigenvalue weighted by atomic mass is 10.3. The van der Waals surface area contributed by atoms with E-state index in [1.807, 2.05) is 0 Å². The number of hydrogen-bond acceptors (Lipinski definition) is 3. The molecule has 0 unspecified atom stereocenters. The Kier molecular flexibility index (Phi) is 3.40. The van der Waals surface area contributed by atoms with Gasteiger partial charge in [0, 0.05) is 18.4 Å². The number of pyridine rings is 1. The molecule has 0 aliphatic heterocycles. The van der Waals surface area contributed by atoms with E-state index in [1.54, 1.807) is 0 Å². The molecule has 1 rings (SSSR count). The van der Waals surface area contributed by atoms with Gasteiger partial charge in [-0.2, -0.15) is 0 Å². The lowest BCUT2D eigenvalue weighted by Gasteiger charge is -2.09. The third kappa shape index (κ3) is 2.96. The maximum atomic E-state index is 11.8. The fourth-order valence-corrected chi connectivity index (χ4v) is 1.35. The quantitative estimate of drug-likeness (QED) is 0.866. The van der Waals surface area contributed by atoms with Gasteiger partial charge in [0.25, 0.3) is 0 Å². The summed E-state index contributed by atoms with van der Waals surface area (Å²) in [5.41, 5.74) is 4.64. The Morgan fingerprint density at radius 1 is 1.53 bits per heavy atom. The van der Waals surface area contributed by atoms with Crippen molar-refractivity contribution in [3.8, 4) is 5.75 Å². The van der Waals surface area contributed by atoms with Crippen molar-refractivity contribution in [3.05, 3.63) is 26.6 Å². The number of nitrogens with two attached hydrogens (primary N) is 1. The normalized spacial score (nSPS) is 11.5. The molecule has 0 atom stereocenters. The molecule has 0 fully saturated rings. The summed E-state index contributed by atoms with van der Waals surface area (Å²) in [7, 11) is 0. The highest BCUT2D eigenvalue weighted by molar-refractivity contribution is 9.10. The van der Waals surface area contributed by atoms with Crippen LogP contribution in [0.3, 0.4) is 0 Å². The Hall–Kier alpha value is -1.02. The molecule has 0 aliphatic rings. The van der Waals surface area contributed by atoms with Crippen LogP contribution in [0.5, 0.6) is 5.75 Å². The van der Waals surface area contributed by atoms with E-state index < -0.39 is 17.5 Å². The smallest absolute Gasteiger partial charge is 0.400 e. The van der Waals surface area contributed by atoms with Gasteiger partial charge in [0.1, 0.15) is 0 Å². The monoisotopic (exact) mass is 286 g/mol. The standard InChI is InChI=1S/C7H6BrF3N2O2/c8-5-3(1-12)13-2-4(6(5)14)15-7(9,10)11/h2H,1,12H2,(H,13,14). The second kappa shape index (κ2) is 4.23. The summed E-state index contributed by atoms with van der Waals surface area (Å²) < 4.78 is 38.9. The number of halogens is 4. The molecule has 1 aromatic rings. The minimum absolute atomic E-state index is 0.00210. The van der Waals surface area contributed by atoms with Crippen LogP contribution in [-0.4, -0.2) is 11.3 Å². The molecule has 4 nitrogen and oxygen atoms in total. The molecule has 1 aromatic heterocycles. The second-order valence-electron chi connectivity index (χ2n) is 2.53. The van der Waals surface area contributed by atoms with Crippen LogP contribution in [0.2, 0.25) is 0 Å². The molecule has 84 valence electrons. The summed E-state index contributed by atoms with van der Waals surface area (Å²) in [4.78, 5) is 13.7. The van der Waals surface area contributed by atoms with Crippen LogP contribution in [0, 0.1) is 0 Å². The predicted octanol–water partition coefficient (Wildman–Crippen LogP) is 1.49. The van der Waals surface area contributed by atoms with Crippen LogP contribution < -0.4 is 15.9 Å². The fourth-order valence-electron chi connectivity index (χ4n) is 0.876. The first-order chi connectivity index (χ1) is 6.85. The summed E-state index contributed by atoms with van der Waals surface area (Å²) in [5, 5.41) is 0. The average molecular weight is 287 g/mol. The Labute approximate surface area is 90.4 Å². The molecule has 0 saturated heterocycles. The minimum Gasteiger partial charge on any atom is -0.400 e. The SMILES string of the molecule is NCc1[nH]cc(OC(F)(F)F)c(=O)c1Br. The van der Waals surface area contributed by atoms with Gasteiger partial charge in [-0.05, 0) is 15.9 Å². The number of alkyl halides is 3. The zero-order chi connectivity index (χ0) is 11.6. The van der Waals surface area contributed by atoms with E-state index in [1.165, 1.54) is 0 Å². The van der Waals surface area contributed by atoms with Gasteiger partial charge in [-0.1, -0.05) is 0 Å². The maximum Gasteiger partial charge on any atom is 0.573 e. The number of aromatic amines is 1. The molecular formula is C7H6BrF3N2O2. The van der Waals surface area contributed by atoms with E-state index in [0.29, 0.717) is 5.69 Å².